The number of nitrogens with zero attached hydrogens (tertiary/aromatic N) is 1. The molecule has 2 rings (SSSR count). The summed E-state index contributed by atoms with van der Waals surface area (Å²) in [4.78, 5) is 1.88. The Kier molecular flexibility index (Phi) is 5.31. The molecule has 0 spiro atoms. The summed E-state index contributed by atoms with van der Waals surface area (Å²) in [6.07, 6.45) is 0. The highest BCUT2D eigenvalue weighted by Crippen LogP contribution is 2.03. The number of hydrogen-bond acceptors (Lipinski definition) is 1. The number of benzene rings is 2. The molecule has 0 bridgehead atoms. The van der Waals surface area contributed by atoms with E-state index in [-0.39, 0.29) is 17.7 Å². The second kappa shape index (κ2) is 7.41. The summed E-state index contributed by atoms with van der Waals surface area (Å²) >= 11 is 0. The zero-order valence-corrected chi connectivity index (χ0v) is 12.4. The molecule has 2 aromatic carbocycles. The van der Waals surface area contributed by atoms with E-state index in [1.165, 1.54) is 24.3 Å². The lowest BCUT2D eigenvalue weighted by atomic mass is 10.1. The van der Waals surface area contributed by atoms with Crippen molar-refractivity contribution in [3.8, 4) is 23.7 Å². The van der Waals surface area contributed by atoms with E-state index in [1.807, 2.05) is 19.0 Å². The molecule has 0 aliphatic rings. The van der Waals surface area contributed by atoms with Gasteiger partial charge in [0, 0.05) is 11.1 Å². The molecule has 0 unspecified atom stereocenters. The second-order valence-corrected chi connectivity index (χ2v) is 4.92. The normalized spacial score (nSPS) is 9.91. The first-order chi connectivity index (χ1) is 10.5. The van der Waals surface area contributed by atoms with Crippen LogP contribution in [0.2, 0.25) is 0 Å². The van der Waals surface area contributed by atoms with E-state index >= 15 is 0 Å². The van der Waals surface area contributed by atoms with Crippen LogP contribution in [0.4, 0.5) is 8.78 Å². The van der Waals surface area contributed by atoms with E-state index in [0.29, 0.717) is 0 Å². The van der Waals surface area contributed by atoms with Crippen LogP contribution in [0, 0.1) is 35.3 Å². The van der Waals surface area contributed by atoms with Gasteiger partial charge in [0.15, 0.2) is 0 Å². The Balaban J connectivity index is 2.18. The summed E-state index contributed by atoms with van der Waals surface area (Å²) in [5.41, 5.74) is 1.47. The monoisotopic (exact) mass is 295 g/mol. The van der Waals surface area contributed by atoms with Gasteiger partial charge in [0.05, 0.1) is 0 Å². The first-order valence-electron chi connectivity index (χ1n) is 6.75. The summed E-state index contributed by atoms with van der Waals surface area (Å²) in [6.45, 7) is 0. The molecule has 0 aromatic heterocycles. The molecule has 0 saturated heterocycles. The Morgan fingerprint density at radius 1 is 0.727 bits per heavy atom. The van der Waals surface area contributed by atoms with Crippen LogP contribution in [-0.4, -0.2) is 25.0 Å². The van der Waals surface area contributed by atoms with Crippen LogP contribution in [-0.2, 0) is 0 Å². The van der Waals surface area contributed by atoms with Crippen molar-refractivity contribution in [1.82, 2.24) is 4.90 Å². The smallest absolute Gasteiger partial charge is 0.134 e. The van der Waals surface area contributed by atoms with Gasteiger partial charge >= 0.3 is 0 Å². The van der Waals surface area contributed by atoms with Crippen LogP contribution in [0.15, 0.2) is 48.5 Å². The highest BCUT2D eigenvalue weighted by Gasteiger charge is 2.02. The molecule has 0 aliphatic heterocycles. The maximum atomic E-state index is 12.8. The van der Waals surface area contributed by atoms with E-state index in [4.69, 9.17) is 0 Å². The SMILES string of the molecule is CN(C)C(C#Cc1ccc(F)cc1)C#Cc1ccc(F)cc1. The molecule has 0 atom stereocenters. The lowest BCUT2D eigenvalue weighted by molar-refractivity contribution is 0.409. The van der Waals surface area contributed by atoms with E-state index in [2.05, 4.69) is 23.7 Å². The predicted octanol–water partition coefficient (Wildman–Crippen LogP) is 3.30. The highest BCUT2D eigenvalue weighted by molar-refractivity contribution is 5.40. The summed E-state index contributed by atoms with van der Waals surface area (Å²) in [5.74, 6) is 11.5. The largest absolute Gasteiger partial charge is 0.286 e. The van der Waals surface area contributed by atoms with Crippen molar-refractivity contribution in [2.45, 2.75) is 6.04 Å². The minimum Gasteiger partial charge on any atom is -0.286 e. The number of rotatable bonds is 1. The molecular weight excluding hydrogens is 280 g/mol. The minimum atomic E-state index is -0.286. The maximum Gasteiger partial charge on any atom is 0.134 e. The van der Waals surface area contributed by atoms with Gasteiger partial charge in [-0.05, 0) is 62.6 Å². The van der Waals surface area contributed by atoms with Gasteiger partial charge in [-0.3, -0.25) is 4.90 Å². The first-order valence-corrected chi connectivity index (χ1v) is 6.75. The number of halogens is 2. The molecule has 110 valence electrons. The Bertz CT molecular complexity index is 675. The van der Waals surface area contributed by atoms with Gasteiger partial charge in [-0.1, -0.05) is 23.7 Å². The molecule has 1 nitrogen and oxygen atoms in total. The quantitative estimate of drug-likeness (QED) is 0.730. The van der Waals surface area contributed by atoms with Crippen LogP contribution in [0.5, 0.6) is 0 Å². The molecule has 0 saturated carbocycles. The van der Waals surface area contributed by atoms with Crippen LogP contribution >= 0.6 is 0 Å². The third-order valence-corrected chi connectivity index (χ3v) is 2.91. The lowest BCUT2D eigenvalue weighted by Gasteiger charge is -2.12. The zero-order valence-electron chi connectivity index (χ0n) is 12.4. The molecule has 0 heterocycles. The summed E-state index contributed by atoms with van der Waals surface area (Å²) in [5, 5.41) is 0. The predicted molar refractivity (Wildman–Crippen MR) is 84.0 cm³/mol. The van der Waals surface area contributed by atoms with Gasteiger partial charge in [-0.15, -0.1) is 0 Å². The molecule has 0 amide bonds. The zero-order chi connectivity index (χ0) is 15.9. The van der Waals surface area contributed by atoms with E-state index in [0.717, 1.165) is 11.1 Å². The fraction of sp³-hybridized carbons (Fsp3) is 0.158. The van der Waals surface area contributed by atoms with Crippen LogP contribution in [0.25, 0.3) is 0 Å². The van der Waals surface area contributed by atoms with Crippen molar-refractivity contribution in [1.29, 1.82) is 0 Å². The summed E-state index contributed by atoms with van der Waals surface area (Å²) in [6, 6.07) is 11.7. The molecule has 0 aliphatic carbocycles. The minimum absolute atomic E-state index is 0.268. The molecule has 22 heavy (non-hydrogen) atoms. The topological polar surface area (TPSA) is 3.24 Å². The Hall–Kier alpha value is -2.62. The molecular formula is C19H15F2N. The van der Waals surface area contributed by atoms with Gasteiger partial charge in [0.2, 0.25) is 0 Å². The van der Waals surface area contributed by atoms with Crippen LogP contribution < -0.4 is 0 Å². The Morgan fingerprint density at radius 3 is 1.41 bits per heavy atom. The number of hydrogen-bond donors (Lipinski definition) is 0. The Morgan fingerprint density at radius 2 is 1.09 bits per heavy atom. The maximum absolute atomic E-state index is 12.8. The van der Waals surface area contributed by atoms with E-state index < -0.39 is 0 Å². The standard InChI is InChI=1S/C19H15F2N/c1-22(2)19(13-7-15-3-9-17(20)10-4-15)14-8-16-5-11-18(21)12-6-16/h3-6,9-12,19H,1-2H3. The van der Waals surface area contributed by atoms with Crippen molar-refractivity contribution >= 4 is 0 Å². The molecule has 2 aromatic rings. The van der Waals surface area contributed by atoms with Gasteiger partial charge in [0.1, 0.15) is 17.7 Å². The second-order valence-electron chi connectivity index (χ2n) is 4.92. The van der Waals surface area contributed by atoms with Crippen LogP contribution in [0.1, 0.15) is 11.1 Å². The first kappa shape index (κ1) is 15.8. The van der Waals surface area contributed by atoms with Gasteiger partial charge < -0.3 is 0 Å². The lowest BCUT2D eigenvalue weighted by Crippen LogP contribution is -2.24. The average molecular weight is 295 g/mol. The fourth-order valence-electron chi connectivity index (χ4n) is 1.66. The van der Waals surface area contributed by atoms with Gasteiger partial charge in [-0.2, -0.15) is 0 Å². The van der Waals surface area contributed by atoms with Crippen molar-refractivity contribution in [3.63, 3.8) is 0 Å². The Labute approximate surface area is 129 Å². The molecule has 0 radical (unpaired) electrons. The fourth-order valence-corrected chi connectivity index (χ4v) is 1.66. The summed E-state index contributed by atoms with van der Waals surface area (Å²) in [7, 11) is 3.76. The van der Waals surface area contributed by atoms with Crippen molar-refractivity contribution in [2.75, 3.05) is 14.1 Å². The average Bonchev–Trinajstić information content (AvgIpc) is 2.50. The van der Waals surface area contributed by atoms with Gasteiger partial charge in [0.25, 0.3) is 0 Å². The molecule has 3 heteroatoms. The highest BCUT2D eigenvalue weighted by atomic mass is 19.1. The van der Waals surface area contributed by atoms with Crippen molar-refractivity contribution in [3.05, 3.63) is 71.3 Å². The van der Waals surface area contributed by atoms with Crippen molar-refractivity contribution in [2.24, 2.45) is 0 Å². The van der Waals surface area contributed by atoms with E-state index in [1.54, 1.807) is 24.3 Å². The van der Waals surface area contributed by atoms with Crippen molar-refractivity contribution < 1.29 is 8.78 Å². The van der Waals surface area contributed by atoms with E-state index in [9.17, 15) is 8.78 Å². The van der Waals surface area contributed by atoms with Crippen LogP contribution in [0.3, 0.4) is 0 Å². The van der Waals surface area contributed by atoms with Gasteiger partial charge in [-0.25, -0.2) is 8.78 Å². The third-order valence-electron chi connectivity index (χ3n) is 2.91. The third kappa shape index (κ3) is 4.74. The molecule has 0 fully saturated rings. The molecule has 0 N–H and O–H groups in total. The summed E-state index contributed by atoms with van der Waals surface area (Å²) < 4.78 is 25.7.